The lowest BCUT2D eigenvalue weighted by Crippen LogP contribution is -2.25. The summed E-state index contributed by atoms with van der Waals surface area (Å²) in [5, 5.41) is 0. The van der Waals surface area contributed by atoms with Gasteiger partial charge in [0.25, 0.3) is 0 Å². The molecule has 0 fully saturated rings. The summed E-state index contributed by atoms with van der Waals surface area (Å²) in [6, 6.07) is 0. The van der Waals surface area contributed by atoms with Crippen molar-refractivity contribution in [3.63, 3.8) is 0 Å². The van der Waals surface area contributed by atoms with Crippen LogP contribution in [0.25, 0.3) is 0 Å². The second-order valence-corrected chi connectivity index (χ2v) is 5.07. The molecule has 0 spiro atoms. The highest BCUT2D eigenvalue weighted by Gasteiger charge is 2.49. The molecule has 0 aromatic carbocycles. The first-order chi connectivity index (χ1) is 6.65. The van der Waals surface area contributed by atoms with Gasteiger partial charge in [0.2, 0.25) is 0 Å². The maximum Gasteiger partial charge on any atom is 0.534 e. The van der Waals surface area contributed by atoms with Crippen molar-refractivity contribution in [1.29, 1.82) is 0 Å². The summed E-state index contributed by atoms with van der Waals surface area (Å²) in [4.78, 5) is 0. The first-order valence-electron chi connectivity index (χ1n) is 4.35. The molecule has 0 saturated carbocycles. The zero-order chi connectivity index (χ0) is 11.9. The highest BCUT2D eigenvalue weighted by molar-refractivity contribution is 7.87. The van der Waals surface area contributed by atoms with Crippen LogP contribution in [0.3, 0.4) is 0 Å². The van der Waals surface area contributed by atoms with E-state index in [2.05, 4.69) is 4.18 Å². The largest absolute Gasteiger partial charge is 0.534 e. The maximum absolute atomic E-state index is 12.0. The molecular formula is C8H11F3O3S. The van der Waals surface area contributed by atoms with E-state index in [1.807, 2.05) is 6.92 Å². The summed E-state index contributed by atoms with van der Waals surface area (Å²) in [7, 11) is -5.50. The molecule has 1 aliphatic rings. The van der Waals surface area contributed by atoms with Gasteiger partial charge in [-0.15, -0.1) is 0 Å². The minimum Gasteiger partial charge on any atom is -0.381 e. The quantitative estimate of drug-likeness (QED) is 0.554. The van der Waals surface area contributed by atoms with E-state index in [4.69, 9.17) is 0 Å². The number of rotatable bonds is 2. The molecule has 0 aromatic heterocycles. The summed E-state index contributed by atoms with van der Waals surface area (Å²) >= 11 is 0. The number of halogens is 3. The molecule has 1 atom stereocenters. The van der Waals surface area contributed by atoms with Gasteiger partial charge in [0.1, 0.15) is 5.76 Å². The fourth-order valence-electron chi connectivity index (χ4n) is 1.32. The molecule has 0 aliphatic heterocycles. The molecule has 0 bridgehead atoms. The molecule has 88 valence electrons. The maximum atomic E-state index is 12.0. The van der Waals surface area contributed by atoms with E-state index in [0.717, 1.165) is 0 Å². The molecule has 3 nitrogen and oxygen atoms in total. The van der Waals surface area contributed by atoms with Crippen molar-refractivity contribution < 1.29 is 25.8 Å². The van der Waals surface area contributed by atoms with Gasteiger partial charge in [0.05, 0.1) is 0 Å². The minimum atomic E-state index is -5.50. The van der Waals surface area contributed by atoms with Gasteiger partial charge in [0.15, 0.2) is 0 Å². The van der Waals surface area contributed by atoms with Crippen LogP contribution in [0.1, 0.15) is 26.7 Å². The van der Waals surface area contributed by atoms with Gasteiger partial charge >= 0.3 is 15.6 Å². The van der Waals surface area contributed by atoms with Crippen molar-refractivity contribution in [3.8, 4) is 0 Å². The van der Waals surface area contributed by atoms with Crippen molar-refractivity contribution in [2.45, 2.75) is 32.2 Å². The van der Waals surface area contributed by atoms with E-state index < -0.39 is 15.6 Å². The Balaban J connectivity index is 2.90. The van der Waals surface area contributed by atoms with Crippen molar-refractivity contribution >= 4 is 10.1 Å². The van der Waals surface area contributed by atoms with Gasteiger partial charge < -0.3 is 4.18 Å². The first kappa shape index (κ1) is 12.4. The highest BCUT2D eigenvalue weighted by Crippen LogP contribution is 2.35. The van der Waals surface area contributed by atoms with Crippen LogP contribution in [0.4, 0.5) is 13.2 Å². The Kier molecular flexibility index (Phi) is 3.04. The van der Waals surface area contributed by atoms with Crippen LogP contribution in [-0.4, -0.2) is 13.9 Å². The average Bonchev–Trinajstić information content (AvgIpc) is 2.33. The van der Waals surface area contributed by atoms with Crippen LogP contribution >= 0.6 is 0 Å². The van der Waals surface area contributed by atoms with Gasteiger partial charge in [-0.05, 0) is 24.8 Å². The van der Waals surface area contributed by atoms with E-state index in [9.17, 15) is 21.6 Å². The molecule has 0 N–H and O–H groups in total. The Morgan fingerprint density at radius 1 is 1.40 bits per heavy atom. The molecule has 0 aromatic rings. The molecule has 0 unspecified atom stereocenters. The third kappa shape index (κ3) is 2.45. The first-order valence-corrected chi connectivity index (χ1v) is 5.76. The Morgan fingerprint density at radius 3 is 2.27 bits per heavy atom. The van der Waals surface area contributed by atoms with E-state index in [0.29, 0.717) is 12.0 Å². The van der Waals surface area contributed by atoms with Gasteiger partial charge in [-0.1, -0.05) is 6.92 Å². The molecule has 1 rings (SSSR count). The fourth-order valence-corrected chi connectivity index (χ4v) is 1.90. The lowest BCUT2D eigenvalue weighted by Gasteiger charge is -2.11. The smallest absolute Gasteiger partial charge is 0.381 e. The summed E-state index contributed by atoms with van der Waals surface area (Å²) in [5.74, 6) is 0.00302. The average molecular weight is 244 g/mol. The Bertz CT molecular complexity index is 380. The summed E-state index contributed by atoms with van der Waals surface area (Å²) in [6.07, 6.45) is 0.858. The van der Waals surface area contributed by atoms with Gasteiger partial charge in [-0.2, -0.15) is 21.6 Å². The molecule has 15 heavy (non-hydrogen) atoms. The summed E-state index contributed by atoms with van der Waals surface area (Å²) in [5.41, 5.74) is -4.78. The zero-order valence-corrected chi connectivity index (χ0v) is 9.07. The normalized spacial score (nSPS) is 23.4. The highest BCUT2D eigenvalue weighted by atomic mass is 32.2. The molecule has 0 saturated heterocycles. The summed E-state index contributed by atoms with van der Waals surface area (Å²) in [6.45, 7) is 3.39. The SMILES string of the molecule is CC1=C(OS(=O)(=O)C(F)(F)F)CC[C@@H]1C. The summed E-state index contributed by atoms with van der Waals surface area (Å²) < 4.78 is 61.4. The Hall–Kier alpha value is -0.720. The monoisotopic (exact) mass is 244 g/mol. The van der Waals surface area contributed by atoms with E-state index in [1.54, 1.807) is 6.92 Å². The van der Waals surface area contributed by atoms with Crippen LogP contribution in [0, 0.1) is 5.92 Å². The second-order valence-electron chi connectivity index (χ2n) is 3.53. The minimum absolute atomic E-state index is 0.0696. The molecule has 1 aliphatic carbocycles. The Morgan fingerprint density at radius 2 is 1.93 bits per heavy atom. The van der Waals surface area contributed by atoms with Crippen LogP contribution < -0.4 is 0 Å². The van der Waals surface area contributed by atoms with Gasteiger partial charge in [-0.25, -0.2) is 0 Å². The molecule has 7 heteroatoms. The molecular weight excluding hydrogens is 233 g/mol. The van der Waals surface area contributed by atoms with Crippen molar-refractivity contribution in [2.24, 2.45) is 5.92 Å². The van der Waals surface area contributed by atoms with Crippen molar-refractivity contribution in [1.82, 2.24) is 0 Å². The van der Waals surface area contributed by atoms with Crippen molar-refractivity contribution in [2.75, 3.05) is 0 Å². The van der Waals surface area contributed by atoms with Crippen LogP contribution in [0.5, 0.6) is 0 Å². The third-order valence-corrected chi connectivity index (χ3v) is 3.46. The van der Waals surface area contributed by atoms with Crippen LogP contribution in [0.15, 0.2) is 11.3 Å². The van der Waals surface area contributed by atoms with E-state index in [-0.39, 0.29) is 18.1 Å². The number of allylic oxidation sites excluding steroid dienone is 2. The lowest BCUT2D eigenvalue weighted by molar-refractivity contribution is -0.0523. The van der Waals surface area contributed by atoms with E-state index >= 15 is 0 Å². The second kappa shape index (κ2) is 3.70. The van der Waals surface area contributed by atoms with E-state index in [1.165, 1.54) is 0 Å². The van der Waals surface area contributed by atoms with Gasteiger partial charge in [0, 0.05) is 6.42 Å². The standard InChI is InChI=1S/C8H11F3O3S/c1-5-3-4-7(6(5)2)14-15(12,13)8(9,10)11/h5H,3-4H2,1-2H3/t5-/m0/s1. The number of alkyl halides is 3. The predicted octanol–water partition coefficient (Wildman–Crippen LogP) is 2.56. The third-order valence-electron chi connectivity index (χ3n) is 2.48. The number of hydrogen-bond acceptors (Lipinski definition) is 3. The fraction of sp³-hybridized carbons (Fsp3) is 0.750. The molecule has 0 heterocycles. The Labute approximate surface area is 86.0 Å². The van der Waals surface area contributed by atoms with Crippen LogP contribution in [-0.2, 0) is 14.3 Å². The molecule has 0 amide bonds. The predicted molar refractivity (Wildman–Crippen MR) is 47.2 cm³/mol. The number of hydrogen-bond donors (Lipinski definition) is 0. The topological polar surface area (TPSA) is 43.4 Å². The van der Waals surface area contributed by atoms with Crippen molar-refractivity contribution in [3.05, 3.63) is 11.3 Å². The lowest BCUT2D eigenvalue weighted by atomic mass is 10.1. The van der Waals surface area contributed by atoms with Gasteiger partial charge in [-0.3, -0.25) is 0 Å². The zero-order valence-electron chi connectivity index (χ0n) is 8.26. The van der Waals surface area contributed by atoms with Crippen LogP contribution in [0.2, 0.25) is 0 Å². The molecule has 0 radical (unpaired) electrons.